The number of carbonyl (C=O) groups excluding carboxylic acids is 2. The molecule has 2 N–H and O–H groups in total. The van der Waals surface area contributed by atoms with Crippen LogP contribution in [0.1, 0.15) is 59.9 Å². The van der Waals surface area contributed by atoms with Gasteiger partial charge in [-0.2, -0.15) is 0 Å². The van der Waals surface area contributed by atoms with Crippen LogP contribution >= 0.6 is 0 Å². The van der Waals surface area contributed by atoms with Gasteiger partial charge < -0.3 is 24.6 Å². The molecule has 7 nitrogen and oxygen atoms in total. The predicted octanol–water partition coefficient (Wildman–Crippen LogP) is 4.12. The van der Waals surface area contributed by atoms with Crippen molar-refractivity contribution in [2.45, 2.75) is 78.6 Å². The van der Waals surface area contributed by atoms with Gasteiger partial charge in [-0.15, -0.1) is 0 Å². The van der Waals surface area contributed by atoms with Gasteiger partial charge in [-0.05, 0) is 64.4 Å². The second kappa shape index (κ2) is 14.1. The van der Waals surface area contributed by atoms with Gasteiger partial charge >= 0.3 is 12.1 Å². The summed E-state index contributed by atoms with van der Waals surface area (Å²) >= 11 is 0. The van der Waals surface area contributed by atoms with Crippen LogP contribution in [0.4, 0.5) is 4.79 Å². The third-order valence-corrected chi connectivity index (χ3v) is 4.65. The molecular weight excluding hydrogens is 410 g/mol. The Hall–Kier alpha value is -2.12. The van der Waals surface area contributed by atoms with E-state index in [0.717, 1.165) is 19.3 Å². The Morgan fingerprint density at radius 3 is 2.44 bits per heavy atom. The van der Waals surface area contributed by atoms with E-state index in [4.69, 9.17) is 19.3 Å². The molecule has 1 amide bonds. The normalized spacial score (nSPS) is 22.2. The Bertz CT molecular complexity index is 671. The number of aliphatic hydroxyl groups excluding tert-OH is 1. The third kappa shape index (κ3) is 12.7. The fourth-order valence-corrected chi connectivity index (χ4v) is 3.12. The molecule has 0 spiro atoms. The molecule has 0 aliphatic carbocycles. The lowest BCUT2D eigenvalue weighted by molar-refractivity contribution is -0.154. The van der Waals surface area contributed by atoms with E-state index in [0.29, 0.717) is 25.0 Å². The van der Waals surface area contributed by atoms with Crippen molar-refractivity contribution < 1.29 is 28.9 Å². The number of hydrogen-bond acceptors (Lipinski definition) is 6. The Kier molecular flexibility index (Phi) is 12.3. The van der Waals surface area contributed by atoms with Crippen LogP contribution in [0.5, 0.6) is 0 Å². The first kappa shape index (κ1) is 27.9. The van der Waals surface area contributed by atoms with Crippen molar-refractivity contribution >= 4 is 12.1 Å². The molecule has 1 aliphatic rings. The van der Waals surface area contributed by atoms with Crippen LogP contribution in [0, 0.1) is 11.8 Å². The molecule has 1 fully saturated rings. The van der Waals surface area contributed by atoms with Crippen molar-refractivity contribution in [1.29, 1.82) is 0 Å². The van der Waals surface area contributed by atoms with E-state index in [1.54, 1.807) is 20.8 Å². The van der Waals surface area contributed by atoms with E-state index in [1.165, 1.54) is 5.56 Å². The van der Waals surface area contributed by atoms with Gasteiger partial charge in [0.25, 0.3) is 0 Å². The van der Waals surface area contributed by atoms with Crippen LogP contribution in [-0.2, 0) is 25.4 Å². The lowest BCUT2D eigenvalue weighted by Crippen LogP contribution is -2.48. The van der Waals surface area contributed by atoms with Crippen LogP contribution < -0.4 is 5.32 Å². The number of alkyl carbamates (subject to hydrolysis) is 1. The summed E-state index contributed by atoms with van der Waals surface area (Å²) in [5.74, 6) is 0.314. The Morgan fingerprint density at radius 1 is 1.25 bits per heavy atom. The van der Waals surface area contributed by atoms with Gasteiger partial charge in [-0.1, -0.05) is 44.2 Å². The predicted molar refractivity (Wildman–Crippen MR) is 124 cm³/mol. The molecule has 2 rings (SSSR count). The lowest BCUT2D eigenvalue weighted by atomic mass is 9.91. The second-order valence-corrected chi connectivity index (χ2v) is 9.68. The van der Waals surface area contributed by atoms with Crippen LogP contribution in [0.15, 0.2) is 30.3 Å². The fraction of sp³-hybridized carbons (Fsp3) is 0.680. The number of esters is 1. The summed E-state index contributed by atoms with van der Waals surface area (Å²) in [6, 6.07) is 9.41. The minimum atomic E-state index is -0.868. The van der Waals surface area contributed by atoms with Crippen molar-refractivity contribution in [2.24, 2.45) is 11.8 Å². The third-order valence-electron chi connectivity index (χ3n) is 4.65. The Labute approximate surface area is 192 Å². The van der Waals surface area contributed by atoms with Gasteiger partial charge in [0.2, 0.25) is 0 Å². The lowest BCUT2D eigenvalue weighted by Gasteiger charge is -2.27. The highest BCUT2D eigenvalue weighted by molar-refractivity contribution is 5.81. The maximum Gasteiger partial charge on any atom is 0.408 e. The smallest absolute Gasteiger partial charge is 0.408 e. The zero-order valence-corrected chi connectivity index (χ0v) is 20.4. The van der Waals surface area contributed by atoms with Gasteiger partial charge in [0.15, 0.2) is 6.04 Å². The number of benzene rings is 1. The first-order chi connectivity index (χ1) is 15.0. The zero-order chi connectivity index (χ0) is 24.1. The standard InChI is InChI=1S/C21H31NO5.C4H10O/c1-15-12-17(13-16-8-6-5-7-9-16)10-11-25-14-18(19(23)26-15)22-20(24)27-21(2,3)4;1-4(2)3-5/h5-9,15,17-18H,10-14H2,1-4H3,(H,22,24);4-5H,3H2,1-2H3/t15?,17?,18-;/m0./s1. The molecule has 3 atom stereocenters. The summed E-state index contributed by atoms with van der Waals surface area (Å²) in [4.78, 5) is 24.4. The highest BCUT2D eigenvalue weighted by atomic mass is 16.6. The molecule has 1 aliphatic heterocycles. The first-order valence-electron chi connectivity index (χ1n) is 11.4. The molecule has 0 radical (unpaired) electrons. The highest BCUT2D eigenvalue weighted by Gasteiger charge is 2.29. The van der Waals surface area contributed by atoms with Crippen molar-refractivity contribution in [2.75, 3.05) is 19.8 Å². The van der Waals surface area contributed by atoms with Gasteiger partial charge in [0.05, 0.1) is 12.7 Å². The highest BCUT2D eigenvalue weighted by Crippen LogP contribution is 2.21. The molecule has 182 valence electrons. The minimum Gasteiger partial charge on any atom is -0.461 e. The van der Waals surface area contributed by atoms with Crippen molar-refractivity contribution in [3.8, 4) is 0 Å². The molecule has 1 aromatic carbocycles. The van der Waals surface area contributed by atoms with Gasteiger partial charge in [0.1, 0.15) is 5.60 Å². The summed E-state index contributed by atoms with van der Waals surface area (Å²) in [6.45, 7) is 12.0. The Morgan fingerprint density at radius 2 is 1.88 bits per heavy atom. The number of nitrogens with one attached hydrogen (secondary N) is 1. The number of ether oxygens (including phenoxy) is 3. The first-order valence-corrected chi connectivity index (χ1v) is 11.4. The van der Waals surface area contributed by atoms with E-state index in [2.05, 4.69) is 17.4 Å². The van der Waals surface area contributed by atoms with Gasteiger partial charge in [-0.25, -0.2) is 9.59 Å². The molecule has 0 aromatic heterocycles. The van der Waals surface area contributed by atoms with Crippen molar-refractivity contribution in [3.05, 3.63) is 35.9 Å². The number of cyclic esters (lactones) is 1. The van der Waals surface area contributed by atoms with E-state index in [-0.39, 0.29) is 12.7 Å². The molecule has 1 aromatic rings. The number of hydrogen-bond donors (Lipinski definition) is 2. The maximum absolute atomic E-state index is 12.4. The summed E-state index contributed by atoms with van der Waals surface area (Å²) < 4.78 is 16.4. The second-order valence-electron chi connectivity index (χ2n) is 9.68. The molecule has 1 heterocycles. The van der Waals surface area contributed by atoms with E-state index < -0.39 is 23.7 Å². The van der Waals surface area contributed by atoms with Crippen molar-refractivity contribution in [1.82, 2.24) is 5.32 Å². The summed E-state index contributed by atoms with van der Waals surface area (Å²) in [5, 5.41) is 10.7. The van der Waals surface area contributed by atoms with Crippen molar-refractivity contribution in [3.63, 3.8) is 0 Å². The molecule has 1 saturated heterocycles. The summed E-state index contributed by atoms with van der Waals surface area (Å²) in [6.07, 6.45) is 1.66. The molecule has 7 heteroatoms. The molecular formula is C25H41NO6. The number of aliphatic hydroxyl groups is 1. The van der Waals surface area contributed by atoms with E-state index in [9.17, 15) is 9.59 Å². The quantitative estimate of drug-likeness (QED) is 0.669. The number of carbonyl (C=O) groups is 2. The average Bonchev–Trinajstić information content (AvgIpc) is 2.69. The topological polar surface area (TPSA) is 94.1 Å². The monoisotopic (exact) mass is 451 g/mol. The molecule has 2 unspecified atom stereocenters. The minimum absolute atomic E-state index is 0.0723. The van der Waals surface area contributed by atoms with Gasteiger partial charge in [0, 0.05) is 13.2 Å². The largest absolute Gasteiger partial charge is 0.461 e. The van der Waals surface area contributed by atoms with Crippen LogP contribution in [-0.4, -0.2) is 54.7 Å². The molecule has 32 heavy (non-hydrogen) atoms. The van der Waals surface area contributed by atoms with Crippen LogP contribution in [0.3, 0.4) is 0 Å². The summed E-state index contributed by atoms with van der Waals surface area (Å²) in [5.41, 5.74) is 0.630. The maximum atomic E-state index is 12.4. The van der Waals surface area contributed by atoms with Gasteiger partial charge in [-0.3, -0.25) is 0 Å². The average molecular weight is 452 g/mol. The van der Waals surface area contributed by atoms with E-state index in [1.807, 2.05) is 39.0 Å². The Balaban J connectivity index is 0.000000920. The van der Waals surface area contributed by atoms with Crippen LogP contribution in [0.25, 0.3) is 0 Å². The zero-order valence-electron chi connectivity index (χ0n) is 20.4. The van der Waals surface area contributed by atoms with E-state index >= 15 is 0 Å². The fourth-order valence-electron chi connectivity index (χ4n) is 3.12. The molecule has 0 bridgehead atoms. The SMILES string of the molecule is CC(C)CO.CC1CC(Cc2ccccc2)CCOC[C@H](NC(=O)OC(C)(C)C)C(=O)O1. The molecule has 0 saturated carbocycles. The number of rotatable bonds is 4. The van der Waals surface area contributed by atoms with Crippen LogP contribution in [0.2, 0.25) is 0 Å². The number of amides is 1. The summed E-state index contributed by atoms with van der Waals surface area (Å²) in [7, 11) is 0.